The lowest BCUT2D eigenvalue weighted by Gasteiger charge is -2.20. The molecule has 0 bridgehead atoms. The third-order valence-electron chi connectivity index (χ3n) is 1.71. The average Bonchev–Trinajstić information content (AvgIpc) is 2.08. The van der Waals surface area contributed by atoms with Gasteiger partial charge in [-0.1, -0.05) is 6.92 Å². The van der Waals surface area contributed by atoms with Crippen LogP contribution in [-0.4, -0.2) is 37.6 Å². The number of carbonyl (C=O) groups excluding carboxylic acids is 1. The van der Waals surface area contributed by atoms with Gasteiger partial charge in [-0.05, 0) is 33.7 Å². The minimum atomic E-state index is -0.140. The third kappa shape index (κ3) is 11.3. The average molecular weight is 215 g/mol. The second-order valence-corrected chi connectivity index (χ2v) is 4.72. The van der Waals surface area contributed by atoms with Crippen LogP contribution in [-0.2, 0) is 4.79 Å². The van der Waals surface area contributed by atoms with Crippen LogP contribution in [0.1, 0.15) is 34.1 Å². The second-order valence-electron chi connectivity index (χ2n) is 4.72. The Morgan fingerprint density at radius 2 is 1.67 bits per heavy atom. The van der Waals surface area contributed by atoms with Crippen molar-refractivity contribution in [1.29, 1.82) is 0 Å². The molecule has 0 aromatic rings. The van der Waals surface area contributed by atoms with E-state index >= 15 is 0 Å². The van der Waals surface area contributed by atoms with Gasteiger partial charge in [0.2, 0.25) is 5.91 Å². The summed E-state index contributed by atoms with van der Waals surface area (Å²) < 4.78 is 0. The fourth-order valence-corrected chi connectivity index (χ4v) is 1.14. The van der Waals surface area contributed by atoms with E-state index in [4.69, 9.17) is 0 Å². The molecule has 0 heterocycles. The Morgan fingerprint density at radius 3 is 2.20 bits per heavy atom. The molecule has 0 aromatic carbocycles. The minimum Gasteiger partial charge on any atom is -0.350 e. The molecule has 4 heteroatoms. The molecule has 0 unspecified atom stereocenters. The zero-order valence-corrected chi connectivity index (χ0v) is 10.4. The largest absolute Gasteiger partial charge is 0.350 e. The van der Waals surface area contributed by atoms with Gasteiger partial charge in [0.05, 0.1) is 6.54 Å². The van der Waals surface area contributed by atoms with Crippen molar-refractivity contribution in [1.82, 2.24) is 16.0 Å². The zero-order chi connectivity index (χ0) is 11.7. The van der Waals surface area contributed by atoms with E-state index in [1.807, 2.05) is 20.8 Å². The van der Waals surface area contributed by atoms with Crippen LogP contribution < -0.4 is 16.0 Å². The topological polar surface area (TPSA) is 53.2 Å². The van der Waals surface area contributed by atoms with E-state index in [0.717, 1.165) is 26.1 Å². The first kappa shape index (κ1) is 14.4. The molecule has 0 saturated heterocycles. The van der Waals surface area contributed by atoms with Gasteiger partial charge in [-0.15, -0.1) is 0 Å². The Labute approximate surface area is 93.2 Å². The van der Waals surface area contributed by atoms with Gasteiger partial charge in [0, 0.05) is 18.6 Å². The summed E-state index contributed by atoms with van der Waals surface area (Å²) in [6, 6.07) is 0. The fourth-order valence-electron chi connectivity index (χ4n) is 1.14. The molecular weight excluding hydrogens is 190 g/mol. The van der Waals surface area contributed by atoms with Gasteiger partial charge >= 0.3 is 0 Å². The number of amides is 1. The van der Waals surface area contributed by atoms with Crippen molar-refractivity contribution in [2.75, 3.05) is 26.2 Å². The Hall–Kier alpha value is -0.610. The molecule has 0 aliphatic carbocycles. The molecule has 90 valence electrons. The zero-order valence-electron chi connectivity index (χ0n) is 10.4. The number of carbonyl (C=O) groups is 1. The van der Waals surface area contributed by atoms with Gasteiger partial charge in [0.25, 0.3) is 0 Å². The summed E-state index contributed by atoms with van der Waals surface area (Å²) in [6.45, 7) is 11.3. The van der Waals surface area contributed by atoms with Gasteiger partial charge in [-0.2, -0.15) is 0 Å². The molecule has 0 spiro atoms. The van der Waals surface area contributed by atoms with E-state index in [0.29, 0.717) is 6.54 Å². The van der Waals surface area contributed by atoms with Crippen LogP contribution in [0.3, 0.4) is 0 Å². The number of hydrogen-bond donors (Lipinski definition) is 3. The summed E-state index contributed by atoms with van der Waals surface area (Å²) >= 11 is 0. The van der Waals surface area contributed by atoms with E-state index in [1.165, 1.54) is 0 Å². The Bertz CT molecular complexity index is 175. The predicted molar refractivity (Wildman–Crippen MR) is 63.9 cm³/mol. The van der Waals surface area contributed by atoms with Crippen LogP contribution in [0, 0.1) is 0 Å². The van der Waals surface area contributed by atoms with E-state index in [1.54, 1.807) is 0 Å². The first-order valence-corrected chi connectivity index (χ1v) is 5.68. The molecule has 3 N–H and O–H groups in total. The maximum absolute atomic E-state index is 11.4. The smallest absolute Gasteiger partial charge is 0.234 e. The van der Waals surface area contributed by atoms with Crippen molar-refractivity contribution in [3.05, 3.63) is 0 Å². The van der Waals surface area contributed by atoms with Gasteiger partial charge < -0.3 is 16.0 Å². The molecule has 0 fully saturated rings. The highest BCUT2D eigenvalue weighted by atomic mass is 16.2. The molecule has 0 aliphatic heterocycles. The Balaban J connectivity index is 3.32. The summed E-state index contributed by atoms with van der Waals surface area (Å²) in [5.74, 6) is 0.0537. The monoisotopic (exact) mass is 215 g/mol. The normalized spacial score (nSPS) is 11.5. The van der Waals surface area contributed by atoms with Crippen molar-refractivity contribution >= 4 is 5.91 Å². The highest BCUT2D eigenvalue weighted by Gasteiger charge is 2.12. The van der Waals surface area contributed by atoms with Crippen LogP contribution in [0.15, 0.2) is 0 Å². The number of hydrogen-bond acceptors (Lipinski definition) is 3. The van der Waals surface area contributed by atoms with Gasteiger partial charge in [0.15, 0.2) is 0 Å². The molecule has 0 atom stereocenters. The highest BCUT2D eigenvalue weighted by molar-refractivity contribution is 5.78. The molecule has 15 heavy (non-hydrogen) atoms. The quantitative estimate of drug-likeness (QED) is 0.542. The van der Waals surface area contributed by atoms with Crippen LogP contribution in [0.4, 0.5) is 0 Å². The lowest BCUT2D eigenvalue weighted by molar-refractivity contribution is -0.121. The molecule has 0 rings (SSSR count). The summed E-state index contributed by atoms with van der Waals surface area (Å²) in [6.07, 6.45) is 1.14. The molecule has 0 radical (unpaired) electrons. The highest BCUT2D eigenvalue weighted by Crippen LogP contribution is 1.96. The predicted octanol–water partition coefficient (Wildman–Crippen LogP) is 0.490. The van der Waals surface area contributed by atoms with E-state index in [9.17, 15) is 4.79 Å². The first-order valence-electron chi connectivity index (χ1n) is 5.68. The van der Waals surface area contributed by atoms with Crippen LogP contribution in [0.5, 0.6) is 0 Å². The van der Waals surface area contributed by atoms with Crippen molar-refractivity contribution in [3.8, 4) is 0 Å². The molecular formula is C11H25N3O. The summed E-state index contributed by atoms with van der Waals surface area (Å²) in [4.78, 5) is 11.4. The van der Waals surface area contributed by atoms with Crippen molar-refractivity contribution in [2.45, 2.75) is 39.7 Å². The van der Waals surface area contributed by atoms with E-state index < -0.39 is 0 Å². The minimum absolute atomic E-state index is 0.0537. The third-order valence-corrected chi connectivity index (χ3v) is 1.71. The lowest BCUT2D eigenvalue weighted by atomic mass is 10.1. The molecule has 0 aliphatic rings. The van der Waals surface area contributed by atoms with Crippen LogP contribution in [0.2, 0.25) is 0 Å². The summed E-state index contributed by atoms with van der Waals surface area (Å²) in [7, 11) is 0. The maximum Gasteiger partial charge on any atom is 0.234 e. The molecule has 0 aromatic heterocycles. The summed E-state index contributed by atoms with van der Waals surface area (Å²) in [5.41, 5.74) is -0.140. The molecule has 4 nitrogen and oxygen atoms in total. The van der Waals surface area contributed by atoms with Crippen LogP contribution >= 0.6 is 0 Å². The van der Waals surface area contributed by atoms with Gasteiger partial charge in [0.1, 0.15) is 0 Å². The number of rotatable bonds is 7. The number of nitrogens with one attached hydrogen (secondary N) is 3. The second kappa shape index (κ2) is 7.65. The fraction of sp³-hybridized carbons (Fsp3) is 0.909. The van der Waals surface area contributed by atoms with Crippen LogP contribution in [0.25, 0.3) is 0 Å². The Morgan fingerprint density at radius 1 is 1.07 bits per heavy atom. The lowest BCUT2D eigenvalue weighted by Crippen LogP contribution is -2.45. The van der Waals surface area contributed by atoms with E-state index in [-0.39, 0.29) is 11.4 Å². The van der Waals surface area contributed by atoms with Crippen molar-refractivity contribution < 1.29 is 4.79 Å². The van der Waals surface area contributed by atoms with Crippen molar-refractivity contribution in [3.63, 3.8) is 0 Å². The molecule has 1 amide bonds. The summed E-state index contributed by atoms with van der Waals surface area (Å²) in [5, 5.41) is 9.25. The SMILES string of the molecule is CCCNCCNCC(=O)NC(C)(C)C. The van der Waals surface area contributed by atoms with Gasteiger partial charge in [-0.3, -0.25) is 4.79 Å². The Kier molecular flexibility index (Phi) is 7.34. The van der Waals surface area contributed by atoms with E-state index in [2.05, 4.69) is 22.9 Å². The first-order chi connectivity index (χ1) is 6.95. The van der Waals surface area contributed by atoms with Crippen molar-refractivity contribution in [2.24, 2.45) is 0 Å². The standard InChI is InChI=1S/C11H25N3O/c1-5-6-12-7-8-13-9-10(15)14-11(2,3)4/h12-13H,5-9H2,1-4H3,(H,14,15). The maximum atomic E-state index is 11.4. The molecule has 0 saturated carbocycles. The van der Waals surface area contributed by atoms with Gasteiger partial charge in [-0.25, -0.2) is 0 Å².